The molecular formula is C23H21N3S. The van der Waals surface area contributed by atoms with Crippen LogP contribution in [0.25, 0.3) is 0 Å². The Morgan fingerprint density at radius 1 is 1.00 bits per heavy atom. The van der Waals surface area contributed by atoms with Gasteiger partial charge in [-0.25, -0.2) is 4.98 Å². The fraction of sp³-hybridized carbons (Fsp3) is 0.217. The van der Waals surface area contributed by atoms with Gasteiger partial charge in [-0.15, -0.1) is 11.8 Å². The first-order valence-electron chi connectivity index (χ1n) is 9.18. The molecular weight excluding hydrogens is 350 g/mol. The lowest BCUT2D eigenvalue weighted by atomic mass is 10.0. The number of hydrogen-bond donors (Lipinski definition) is 0. The summed E-state index contributed by atoms with van der Waals surface area (Å²) in [7, 11) is 0. The quantitative estimate of drug-likeness (QED) is 0.604. The predicted molar refractivity (Wildman–Crippen MR) is 109 cm³/mol. The first-order valence-corrected chi connectivity index (χ1v) is 10.2. The molecule has 0 atom stereocenters. The maximum atomic E-state index is 9.60. The summed E-state index contributed by atoms with van der Waals surface area (Å²) >= 11 is 1.65. The smallest absolute Gasteiger partial charge is 0.114 e. The Hall–Kier alpha value is -2.61. The SMILES string of the molecule is N#Cc1cc2c(nc1SCc1ccccc1)CCN(Cc1ccccc1)C2. The van der Waals surface area contributed by atoms with Crippen molar-refractivity contribution in [1.29, 1.82) is 5.26 Å². The van der Waals surface area contributed by atoms with Gasteiger partial charge in [0.15, 0.2) is 0 Å². The lowest BCUT2D eigenvalue weighted by Crippen LogP contribution is -2.30. The van der Waals surface area contributed by atoms with Crippen molar-refractivity contribution in [2.75, 3.05) is 6.54 Å². The highest BCUT2D eigenvalue weighted by atomic mass is 32.2. The van der Waals surface area contributed by atoms with Crippen molar-refractivity contribution < 1.29 is 0 Å². The number of rotatable bonds is 5. The summed E-state index contributed by atoms with van der Waals surface area (Å²) in [5.41, 5.74) is 5.60. The minimum Gasteiger partial charge on any atom is -0.294 e. The van der Waals surface area contributed by atoms with Gasteiger partial charge in [-0.05, 0) is 22.8 Å². The molecule has 0 N–H and O–H groups in total. The Labute approximate surface area is 164 Å². The third kappa shape index (κ3) is 4.39. The Bertz CT molecular complexity index is 949. The number of thioether (sulfide) groups is 1. The molecule has 3 aromatic rings. The van der Waals surface area contributed by atoms with Gasteiger partial charge in [-0.3, -0.25) is 4.90 Å². The van der Waals surface area contributed by atoms with E-state index in [0.717, 1.165) is 42.5 Å². The number of hydrogen-bond acceptors (Lipinski definition) is 4. The van der Waals surface area contributed by atoms with Crippen LogP contribution in [0.2, 0.25) is 0 Å². The maximum absolute atomic E-state index is 9.60. The molecule has 27 heavy (non-hydrogen) atoms. The molecule has 1 aliphatic rings. The van der Waals surface area contributed by atoms with E-state index in [1.807, 2.05) is 30.3 Å². The van der Waals surface area contributed by atoms with Crippen molar-refractivity contribution in [1.82, 2.24) is 9.88 Å². The molecule has 2 heterocycles. The summed E-state index contributed by atoms with van der Waals surface area (Å²) in [5.74, 6) is 0.835. The van der Waals surface area contributed by atoms with Crippen molar-refractivity contribution >= 4 is 11.8 Å². The summed E-state index contributed by atoms with van der Waals surface area (Å²) in [6.07, 6.45) is 0.937. The number of nitriles is 1. The average molecular weight is 372 g/mol. The van der Waals surface area contributed by atoms with Crippen LogP contribution in [0.1, 0.15) is 27.9 Å². The number of pyridine rings is 1. The third-order valence-corrected chi connectivity index (χ3v) is 5.87. The standard InChI is InChI=1S/C23H21N3S/c24-14-20-13-21-16-26(15-18-7-3-1-4-8-18)12-11-22(21)25-23(20)27-17-19-9-5-2-6-10-19/h1-10,13H,11-12,15-17H2. The lowest BCUT2D eigenvalue weighted by Gasteiger charge is -2.28. The molecule has 134 valence electrons. The molecule has 0 spiro atoms. The van der Waals surface area contributed by atoms with Gasteiger partial charge in [-0.1, -0.05) is 60.7 Å². The Morgan fingerprint density at radius 2 is 1.70 bits per heavy atom. The van der Waals surface area contributed by atoms with Gasteiger partial charge in [0.05, 0.1) is 5.56 Å². The fourth-order valence-electron chi connectivity index (χ4n) is 3.40. The molecule has 0 amide bonds. The largest absolute Gasteiger partial charge is 0.294 e. The Balaban J connectivity index is 1.49. The highest BCUT2D eigenvalue weighted by molar-refractivity contribution is 7.98. The van der Waals surface area contributed by atoms with Gasteiger partial charge in [0.1, 0.15) is 11.1 Å². The number of nitrogens with zero attached hydrogens (tertiary/aromatic N) is 3. The molecule has 1 aliphatic heterocycles. The van der Waals surface area contributed by atoms with Gasteiger partial charge in [0.25, 0.3) is 0 Å². The van der Waals surface area contributed by atoms with E-state index in [-0.39, 0.29) is 0 Å². The van der Waals surface area contributed by atoms with Crippen molar-refractivity contribution in [3.8, 4) is 6.07 Å². The number of aromatic nitrogens is 1. The minimum atomic E-state index is 0.691. The number of benzene rings is 2. The lowest BCUT2D eigenvalue weighted by molar-refractivity contribution is 0.243. The molecule has 4 rings (SSSR count). The fourth-order valence-corrected chi connectivity index (χ4v) is 4.33. The minimum absolute atomic E-state index is 0.691. The van der Waals surface area contributed by atoms with E-state index in [0.29, 0.717) is 5.56 Å². The van der Waals surface area contributed by atoms with E-state index in [1.165, 1.54) is 16.7 Å². The second kappa shape index (κ2) is 8.39. The van der Waals surface area contributed by atoms with E-state index < -0.39 is 0 Å². The van der Waals surface area contributed by atoms with Gasteiger partial charge in [-0.2, -0.15) is 5.26 Å². The van der Waals surface area contributed by atoms with Crippen LogP contribution < -0.4 is 0 Å². The monoisotopic (exact) mass is 371 g/mol. The van der Waals surface area contributed by atoms with Crippen LogP contribution in [0.4, 0.5) is 0 Å². The normalized spacial score (nSPS) is 13.7. The highest BCUT2D eigenvalue weighted by Crippen LogP contribution is 2.29. The van der Waals surface area contributed by atoms with Crippen molar-refractivity contribution in [2.45, 2.75) is 30.3 Å². The summed E-state index contributed by atoms with van der Waals surface area (Å²) in [6, 6.07) is 25.3. The van der Waals surface area contributed by atoms with Crippen molar-refractivity contribution in [3.05, 3.63) is 94.7 Å². The Morgan fingerprint density at radius 3 is 2.41 bits per heavy atom. The summed E-state index contributed by atoms with van der Waals surface area (Å²) < 4.78 is 0. The van der Waals surface area contributed by atoms with Gasteiger partial charge in [0, 0.05) is 37.5 Å². The molecule has 1 aromatic heterocycles. The average Bonchev–Trinajstić information content (AvgIpc) is 2.73. The van der Waals surface area contributed by atoms with Crippen LogP contribution >= 0.6 is 11.8 Å². The Kier molecular flexibility index (Phi) is 5.53. The third-order valence-electron chi connectivity index (χ3n) is 4.80. The zero-order valence-electron chi connectivity index (χ0n) is 15.1. The van der Waals surface area contributed by atoms with Crippen LogP contribution in [-0.4, -0.2) is 16.4 Å². The van der Waals surface area contributed by atoms with Crippen LogP contribution in [0.3, 0.4) is 0 Å². The summed E-state index contributed by atoms with van der Waals surface area (Å²) in [5, 5.41) is 10.5. The first kappa shape index (κ1) is 17.8. The molecule has 4 heteroatoms. The number of fused-ring (bicyclic) bond motifs is 1. The molecule has 3 nitrogen and oxygen atoms in total. The van der Waals surface area contributed by atoms with Gasteiger partial charge < -0.3 is 0 Å². The highest BCUT2D eigenvalue weighted by Gasteiger charge is 2.20. The van der Waals surface area contributed by atoms with E-state index >= 15 is 0 Å². The van der Waals surface area contributed by atoms with Crippen molar-refractivity contribution in [3.63, 3.8) is 0 Å². The van der Waals surface area contributed by atoms with E-state index in [9.17, 15) is 5.26 Å². The maximum Gasteiger partial charge on any atom is 0.114 e. The predicted octanol–water partition coefficient (Wildman–Crippen LogP) is 4.80. The second-order valence-corrected chi connectivity index (χ2v) is 7.74. The molecule has 0 bridgehead atoms. The zero-order chi connectivity index (χ0) is 18.5. The molecule has 0 saturated carbocycles. The second-order valence-electron chi connectivity index (χ2n) is 6.78. The van der Waals surface area contributed by atoms with Crippen LogP contribution in [0.5, 0.6) is 0 Å². The molecule has 0 aliphatic carbocycles. The zero-order valence-corrected chi connectivity index (χ0v) is 16.0. The van der Waals surface area contributed by atoms with E-state index in [4.69, 9.17) is 4.98 Å². The van der Waals surface area contributed by atoms with Crippen molar-refractivity contribution in [2.24, 2.45) is 0 Å². The topological polar surface area (TPSA) is 39.9 Å². The summed E-state index contributed by atoms with van der Waals surface area (Å²) in [4.78, 5) is 7.28. The molecule has 2 aromatic carbocycles. The van der Waals surface area contributed by atoms with E-state index in [1.54, 1.807) is 11.8 Å². The molecule has 0 unspecified atom stereocenters. The van der Waals surface area contributed by atoms with Crippen LogP contribution in [0.15, 0.2) is 71.8 Å². The van der Waals surface area contributed by atoms with Gasteiger partial charge >= 0.3 is 0 Å². The molecule has 0 radical (unpaired) electrons. The summed E-state index contributed by atoms with van der Waals surface area (Å²) in [6.45, 7) is 2.80. The van der Waals surface area contributed by atoms with Gasteiger partial charge in [0.2, 0.25) is 0 Å². The van der Waals surface area contributed by atoms with E-state index in [2.05, 4.69) is 47.4 Å². The van der Waals surface area contributed by atoms with Crippen LogP contribution in [0, 0.1) is 11.3 Å². The first-order chi connectivity index (χ1) is 13.3. The van der Waals surface area contributed by atoms with Crippen LogP contribution in [-0.2, 0) is 25.3 Å². The molecule has 0 fully saturated rings. The molecule has 0 saturated heterocycles.